The SMILES string of the molecule is Cc1cc(C)c(NC(=O)C(=O)NCC2(c3ccccc3)CCOCC2)c(C)c1. The molecule has 1 heterocycles. The van der Waals surface area contributed by atoms with Gasteiger partial charge >= 0.3 is 11.8 Å². The van der Waals surface area contributed by atoms with E-state index in [0.29, 0.717) is 25.4 Å². The Balaban J connectivity index is 1.69. The molecule has 2 aromatic rings. The quantitative estimate of drug-likeness (QED) is 0.799. The van der Waals surface area contributed by atoms with E-state index in [-0.39, 0.29) is 5.41 Å². The van der Waals surface area contributed by atoms with Crippen molar-refractivity contribution in [2.45, 2.75) is 39.0 Å². The van der Waals surface area contributed by atoms with Crippen LogP contribution in [0.5, 0.6) is 0 Å². The molecule has 0 saturated carbocycles. The van der Waals surface area contributed by atoms with Crippen LogP contribution >= 0.6 is 0 Å². The first-order valence-corrected chi connectivity index (χ1v) is 9.72. The van der Waals surface area contributed by atoms with Crippen molar-refractivity contribution >= 4 is 17.5 Å². The number of hydrogen-bond donors (Lipinski definition) is 2. The van der Waals surface area contributed by atoms with Gasteiger partial charge in [-0.3, -0.25) is 9.59 Å². The van der Waals surface area contributed by atoms with E-state index in [2.05, 4.69) is 22.8 Å². The van der Waals surface area contributed by atoms with Crippen LogP contribution < -0.4 is 10.6 Å². The average molecular weight is 380 g/mol. The van der Waals surface area contributed by atoms with Crippen LogP contribution in [0.3, 0.4) is 0 Å². The Labute approximate surface area is 166 Å². The van der Waals surface area contributed by atoms with Crippen molar-refractivity contribution in [1.29, 1.82) is 0 Å². The molecule has 0 radical (unpaired) electrons. The highest BCUT2D eigenvalue weighted by atomic mass is 16.5. The van der Waals surface area contributed by atoms with E-state index >= 15 is 0 Å². The fraction of sp³-hybridized carbons (Fsp3) is 0.391. The van der Waals surface area contributed by atoms with Crippen LogP contribution in [0, 0.1) is 20.8 Å². The second-order valence-corrected chi connectivity index (χ2v) is 7.67. The maximum absolute atomic E-state index is 12.5. The lowest BCUT2D eigenvalue weighted by molar-refractivity contribution is -0.136. The molecular weight excluding hydrogens is 352 g/mol. The van der Waals surface area contributed by atoms with Gasteiger partial charge in [-0.05, 0) is 50.3 Å². The number of carbonyl (C=O) groups excluding carboxylic acids is 2. The van der Waals surface area contributed by atoms with Crippen LogP contribution in [0.1, 0.15) is 35.1 Å². The number of amides is 2. The summed E-state index contributed by atoms with van der Waals surface area (Å²) in [4.78, 5) is 25.0. The zero-order valence-corrected chi connectivity index (χ0v) is 16.8. The van der Waals surface area contributed by atoms with Gasteiger partial charge in [0.05, 0.1) is 0 Å². The van der Waals surface area contributed by atoms with Crippen molar-refractivity contribution < 1.29 is 14.3 Å². The van der Waals surface area contributed by atoms with Crippen molar-refractivity contribution in [3.05, 3.63) is 64.7 Å². The summed E-state index contributed by atoms with van der Waals surface area (Å²) in [6.07, 6.45) is 1.63. The van der Waals surface area contributed by atoms with Gasteiger partial charge in [-0.25, -0.2) is 0 Å². The number of rotatable bonds is 4. The molecule has 0 spiro atoms. The molecule has 3 rings (SSSR count). The third-order valence-corrected chi connectivity index (χ3v) is 5.55. The Morgan fingerprint density at radius 1 is 0.964 bits per heavy atom. The number of benzene rings is 2. The minimum absolute atomic E-state index is 0.203. The predicted molar refractivity (Wildman–Crippen MR) is 110 cm³/mol. The molecular formula is C23H28N2O3. The molecule has 2 aromatic carbocycles. The van der Waals surface area contributed by atoms with Gasteiger partial charge in [-0.1, -0.05) is 48.0 Å². The summed E-state index contributed by atoms with van der Waals surface area (Å²) in [7, 11) is 0. The molecule has 2 amide bonds. The van der Waals surface area contributed by atoms with Gasteiger partial charge < -0.3 is 15.4 Å². The van der Waals surface area contributed by atoms with Crippen molar-refractivity contribution in [2.24, 2.45) is 0 Å². The Hall–Kier alpha value is -2.66. The fourth-order valence-corrected chi connectivity index (χ4v) is 4.00. The van der Waals surface area contributed by atoms with Crippen molar-refractivity contribution in [1.82, 2.24) is 5.32 Å². The molecule has 1 saturated heterocycles. The minimum atomic E-state index is -0.634. The van der Waals surface area contributed by atoms with Crippen molar-refractivity contribution in [3.63, 3.8) is 0 Å². The average Bonchev–Trinajstić information content (AvgIpc) is 2.70. The molecule has 1 aliphatic heterocycles. The van der Waals surface area contributed by atoms with Gasteiger partial charge in [0.1, 0.15) is 0 Å². The molecule has 0 bridgehead atoms. The van der Waals surface area contributed by atoms with E-state index in [1.807, 2.05) is 51.1 Å². The molecule has 2 N–H and O–H groups in total. The first-order valence-electron chi connectivity index (χ1n) is 9.72. The zero-order valence-electron chi connectivity index (χ0n) is 16.8. The normalized spacial score (nSPS) is 15.7. The van der Waals surface area contributed by atoms with Crippen molar-refractivity contribution in [3.8, 4) is 0 Å². The number of aryl methyl sites for hydroxylation is 3. The van der Waals surface area contributed by atoms with Crippen molar-refractivity contribution in [2.75, 3.05) is 25.1 Å². The summed E-state index contributed by atoms with van der Waals surface area (Å²) in [5.41, 5.74) is 4.69. The van der Waals surface area contributed by atoms with Crippen LogP contribution in [0.4, 0.5) is 5.69 Å². The summed E-state index contributed by atoms with van der Waals surface area (Å²) in [5, 5.41) is 5.63. The number of hydrogen-bond acceptors (Lipinski definition) is 3. The van der Waals surface area contributed by atoms with E-state index in [1.54, 1.807) is 0 Å². The van der Waals surface area contributed by atoms with E-state index in [0.717, 1.165) is 29.5 Å². The van der Waals surface area contributed by atoms with E-state index in [4.69, 9.17) is 4.74 Å². The molecule has 5 nitrogen and oxygen atoms in total. The predicted octanol–water partition coefficient (Wildman–Crippen LogP) is 3.41. The Kier molecular flexibility index (Phi) is 6.15. The van der Waals surface area contributed by atoms with Crippen LogP contribution in [-0.4, -0.2) is 31.6 Å². The minimum Gasteiger partial charge on any atom is -0.381 e. The molecule has 28 heavy (non-hydrogen) atoms. The second kappa shape index (κ2) is 8.57. The van der Waals surface area contributed by atoms with Gasteiger partial charge in [0, 0.05) is 30.9 Å². The molecule has 0 aliphatic carbocycles. The van der Waals surface area contributed by atoms with Crippen LogP contribution in [-0.2, 0) is 19.7 Å². The van der Waals surface area contributed by atoms with Gasteiger partial charge in [-0.15, -0.1) is 0 Å². The van der Waals surface area contributed by atoms with E-state index in [9.17, 15) is 9.59 Å². The third kappa shape index (κ3) is 4.42. The smallest absolute Gasteiger partial charge is 0.313 e. The summed E-state index contributed by atoms with van der Waals surface area (Å²) in [6, 6.07) is 14.1. The fourth-order valence-electron chi connectivity index (χ4n) is 4.00. The van der Waals surface area contributed by atoms with Gasteiger partial charge in [-0.2, -0.15) is 0 Å². The molecule has 5 heteroatoms. The monoisotopic (exact) mass is 380 g/mol. The molecule has 1 aliphatic rings. The summed E-state index contributed by atoms with van der Waals surface area (Å²) < 4.78 is 5.52. The second-order valence-electron chi connectivity index (χ2n) is 7.67. The maximum atomic E-state index is 12.5. The number of ether oxygens (including phenoxy) is 1. The molecule has 0 unspecified atom stereocenters. The highest BCUT2D eigenvalue weighted by Crippen LogP contribution is 2.34. The Morgan fingerprint density at radius 2 is 1.57 bits per heavy atom. The largest absolute Gasteiger partial charge is 0.381 e. The number of carbonyl (C=O) groups is 2. The lowest BCUT2D eigenvalue weighted by Gasteiger charge is -2.37. The first-order chi connectivity index (χ1) is 13.4. The molecule has 148 valence electrons. The summed E-state index contributed by atoms with van der Waals surface area (Å²) >= 11 is 0. The standard InChI is InChI=1S/C23H28N2O3/c1-16-13-17(2)20(18(3)14-16)25-22(27)21(26)24-15-23(9-11-28-12-10-23)19-7-5-4-6-8-19/h4-8,13-14H,9-12,15H2,1-3H3,(H,24,26)(H,25,27). The Bertz CT molecular complexity index is 832. The number of anilines is 1. The van der Waals surface area contributed by atoms with E-state index in [1.165, 1.54) is 5.56 Å². The molecule has 1 fully saturated rings. The first kappa shape index (κ1) is 20.1. The lowest BCUT2D eigenvalue weighted by Crippen LogP contribution is -2.47. The lowest BCUT2D eigenvalue weighted by atomic mass is 9.74. The van der Waals surface area contributed by atoms with Crippen LogP contribution in [0.25, 0.3) is 0 Å². The molecule has 0 atom stereocenters. The number of nitrogens with one attached hydrogen (secondary N) is 2. The highest BCUT2D eigenvalue weighted by molar-refractivity contribution is 6.39. The molecule has 0 aromatic heterocycles. The van der Waals surface area contributed by atoms with Crippen LogP contribution in [0.2, 0.25) is 0 Å². The Morgan fingerprint density at radius 3 is 2.18 bits per heavy atom. The maximum Gasteiger partial charge on any atom is 0.313 e. The highest BCUT2D eigenvalue weighted by Gasteiger charge is 2.35. The van der Waals surface area contributed by atoms with E-state index < -0.39 is 11.8 Å². The summed E-state index contributed by atoms with van der Waals surface area (Å²) in [6.45, 7) is 7.59. The summed E-state index contributed by atoms with van der Waals surface area (Å²) in [5.74, 6) is -1.24. The van der Waals surface area contributed by atoms with Gasteiger partial charge in [0.2, 0.25) is 0 Å². The third-order valence-electron chi connectivity index (χ3n) is 5.55. The van der Waals surface area contributed by atoms with Gasteiger partial charge in [0.15, 0.2) is 0 Å². The van der Waals surface area contributed by atoms with Gasteiger partial charge in [0.25, 0.3) is 0 Å². The van der Waals surface area contributed by atoms with Crippen LogP contribution in [0.15, 0.2) is 42.5 Å². The zero-order chi connectivity index (χ0) is 20.1. The topological polar surface area (TPSA) is 67.4 Å².